The molecule has 0 bridgehead atoms. The molecular weight excluding hydrogens is 285 g/mol. The second-order valence-electron chi connectivity index (χ2n) is 4.15. The van der Waals surface area contributed by atoms with Crippen LogP contribution >= 0.6 is 23.2 Å². The van der Waals surface area contributed by atoms with Crippen LogP contribution < -0.4 is 5.43 Å². The van der Waals surface area contributed by atoms with Gasteiger partial charge < -0.3 is 4.98 Å². The molecule has 0 fully saturated rings. The molecule has 0 unspecified atom stereocenters. The Morgan fingerprint density at radius 2 is 1.95 bits per heavy atom. The first-order chi connectivity index (χ1) is 9.05. The predicted molar refractivity (Wildman–Crippen MR) is 78.7 cm³/mol. The van der Waals surface area contributed by atoms with Gasteiger partial charge in [0.1, 0.15) is 5.69 Å². The number of rotatable bonds is 4. The molecule has 0 aliphatic carbocycles. The highest BCUT2D eigenvalue weighted by molar-refractivity contribution is 6.38. The highest BCUT2D eigenvalue weighted by Crippen LogP contribution is 2.28. The van der Waals surface area contributed by atoms with Crippen LogP contribution in [-0.2, 0) is 0 Å². The summed E-state index contributed by atoms with van der Waals surface area (Å²) in [7, 11) is 0. The lowest BCUT2D eigenvalue weighted by atomic mass is 10.2. The molecule has 6 heteroatoms. The van der Waals surface area contributed by atoms with Crippen LogP contribution in [-0.4, -0.2) is 29.0 Å². The Bertz CT molecular complexity index is 605. The topological polar surface area (TPSA) is 48.1 Å². The number of carbonyl (C=O) groups excluding carboxylic acids is 1. The normalized spacial score (nSPS) is 11.2. The van der Waals surface area contributed by atoms with Crippen molar-refractivity contribution in [2.24, 2.45) is 0 Å². The summed E-state index contributed by atoms with van der Waals surface area (Å²) in [5.74, 6) is -0.188. The number of hydrogen-bond acceptors (Lipinski definition) is 2. The summed E-state index contributed by atoms with van der Waals surface area (Å²) in [6.07, 6.45) is 0. The van der Waals surface area contributed by atoms with Crippen LogP contribution in [0.5, 0.6) is 0 Å². The van der Waals surface area contributed by atoms with E-state index in [-0.39, 0.29) is 5.91 Å². The maximum Gasteiger partial charge on any atom is 0.282 e. The van der Waals surface area contributed by atoms with Crippen molar-refractivity contribution in [3.8, 4) is 0 Å². The third-order valence-electron chi connectivity index (χ3n) is 2.92. The minimum atomic E-state index is -0.188. The molecule has 1 aromatic heterocycles. The molecule has 2 rings (SSSR count). The lowest BCUT2D eigenvalue weighted by Crippen LogP contribution is -2.41. The lowest BCUT2D eigenvalue weighted by molar-refractivity contribution is 0.0801. The average Bonchev–Trinajstić information content (AvgIpc) is 2.79. The largest absolute Gasteiger partial charge is 0.350 e. The average molecular weight is 300 g/mol. The van der Waals surface area contributed by atoms with E-state index in [1.807, 2.05) is 18.9 Å². The second-order valence-corrected chi connectivity index (χ2v) is 4.99. The zero-order valence-corrected chi connectivity index (χ0v) is 12.3. The van der Waals surface area contributed by atoms with Gasteiger partial charge in [0.15, 0.2) is 0 Å². The van der Waals surface area contributed by atoms with E-state index in [1.165, 1.54) is 0 Å². The highest BCUT2D eigenvalue weighted by Gasteiger charge is 2.13. The second kappa shape index (κ2) is 5.82. The van der Waals surface area contributed by atoms with Gasteiger partial charge in [-0.2, -0.15) is 0 Å². The fourth-order valence-electron chi connectivity index (χ4n) is 1.87. The number of halogens is 2. The summed E-state index contributed by atoms with van der Waals surface area (Å²) >= 11 is 12.0. The fraction of sp³-hybridized carbons (Fsp3) is 0.308. The molecule has 0 spiro atoms. The van der Waals surface area contributed by atoms with Crippen LogP contribution in [0.3, 0.4) is 0 Å². The SMILES string of the molecule is CCN(CC)NC(=O)c1cc2c(Cl)cc(Cl)cc2[nH]1. The molecule has 1 aromatic carbocycles. The molecule has 102 valence electrons. The first-order valence-corrected chi connectivity index (χ1v) is 6.84. The number of hydrazine groups is 1. The summed E-state index contributed by atoms with van der Waals surface area (Å²) in [4.78, 5) is 15.1. The Labute approximate surface area is 121 Å². The van der Waals surface area contributed by atoms with E-state index in [0.717, 1.165) is 24.0 Å². The highest BCUT2D eigenvalue weighted by atomic mass is 35.5. The molecule has 2 N–H and O–H groups in total. The Hall–Kier alpha value is -1.23. The Morgan fingerprint density at radius 1 is 1.26 bits per heavy atom. The number of fused-ring (bicyclic) bond motifs is 1. The quantitative estimate of drug-likeness (QED) is 0.850. The summed E-state index contributed by atoms with van der Waals surface area (Å²) in [6, 6.07) is 5.13. The number of H-pyrrole nitrogens is 1. The van der Waals surface area contributed by atoms with Crippen molar-refractivity contribution >= 4 is 40.0 Å². The van der Waals surface area contributed by atoms with Crippen LogP contribution in [0.2, 0.25) is 10.0 Å². The van der Waals surface area contributed by atoms with Crippen molar-refractivity contribution < 1.29 is 4.79 Å². The molecule has 0 aliphatic rings. The molecule has 2 aromatic rings. The van der Waals surface area contributed by atoms with E-state index in [2.05, 4.69) is 10.4 Å². The number of nitrogens with zero attached hydrogens (tertiary/aromatic N) is 1. The van der Waals surface area contributed by atoms with E-state index in [1.54, 1.807) is 18.2 Å². The summed E-state index contributed by atoms with van der Waals surface area (Å²) in [5, 5.41) is 3.68. The van der Waals surface area contributed by atoms with E-state index in [9.17, 15) is 4.79 Å². The zero-order valence-electron chi connectivity index (χ0n) is 10.8. The van der Waals surface area contributed by atoms with E-state index < -0.39 is 0 Å². The van der Waals surface area contributed by atoms with Crippen LogP contribution in [0.4, 0.5) is 0 Å². The number of aromatic nitrogens is 1. The predicted octanol–water partition coefficient (Wildman–Crippen LogP) is 3.46. The van der Waals surface area contributed by atoms with Gasteiger partial charge in [-0.05, 0) is 18.2 Å². The van der Waals surface area contributed by atoms with E-state index >= 15 is 0 Å². The molecule has 1 amide bonds. The lowest BCUT2D eigenvalue weighted by Gasteiger charge is -2.18. The standard InChI is InChI=1S/C13H15Cl2N3O/c1-3-18(4-2)17-13(19)12-7-9-10(15)5-8(14)6-11(9)16-12/h5-7,16H,3-4H2,1-2H3,(H,17,19). The fourth-order valence-corrected chi connectivity index (χ4v) is 2.42. The molecule has 0 saturated heterocycles. The Morgan fingerprint density at radius 3 is 2.58 bits per heavy atom. The maximum atomic E-state index is 12.1. The van der Waals surface area contributed by atoms with Gasteiger partial charge in [0.05, 0.1) is 5.02 Å². The molecule has 0 aliphatic heterocycles. The Kier molecular flexibility index (Phi) is 4.34. The van der Waals surface area contributed by atoms with Crippen molar-refractivity contribution in [2.75, 3.05) is 13.1 Å². The number of aromatic amines is 1. The molecule has 0 saturated carbocycles. The first-order valence-electron chi connectivity index (χ1n) is 6.08. The summed E-state index contributed by atoms with van der Waals surface area (Å²) in [5.41, 5.74) is 4.03. The van der Waals surface area contributed by atoms with Gasteiger partial charge in [0.25, 0.3) is 5.91 Å². The molecule has 0 atom stereocenters. The van der Waals surface area contributed by atoms with Crippen molar-refractivity contribution in [3.05, 3.63) is 33.9 Å². The van der Waals surface area contributed by atoms with Crippen LogP contribution in [0.25, 0.3) is 10.9 Å². The molecule has 4 nitrogen and oxygen atoms in total. The van der Waals surface area contributed by atoms with Crippen molar-refractivity contribution in [3.63, 3.8) is 0 Å². The van der Waals surface area contributed by atoms with E-state index in [4.69, 9.17) is 23.2 Å². The number of benzene rings is 1. The maximum absolute atomic E-state index is 12.1. The number of amides is 1. The van der Waals surface area contributed by atoms with Gasteiger partial charge in [0.2, 0.25) is 0 Å². The zero-order chi connectivity index (χ0) is 14.0. The van der Waals surface area contributed by atoms with Gasteiger partial charge in [-0.15, -0.1) is 0 Å². The van der Waals surface area contributed by atoms with Crippen molar-refractivity contribution in [1.82, 2.24) is 15.4 Å². The van der Waals surface area contributed by atoms with Gasteiger partial charge in [0, 0.05) is 29.0 Å². The summed E-state index contributed by atoms with van der Waals surface area (Å²) in [6.45, 7) is 5.45. The third-order valence-corrected chi connectivity index (χ3v) is 3.45. The van der Waals surface area contributed by atoms with Crippen molar-refractivity contribution in [2.45, 2.75) is 13.8 Å². The van der Waals surface area contributed by atoms with E-state index in [0.29, 0.717) is 15.7 Å². The van der Waals surface area contributed by atoms with Gasteiger partial charge in [-0.1, -0.05) is 37.0 Å². The number of carbonyl (C=O) groups is 1. The van der Waals surface area contributed by atoms with Gasteiger partial charge in [-0.25, -0.2) is 5.01 Å². The number of hydrogen-bond donors (Lipinski definition) is 2. The van der Waals surface area contributed by atoms with Gasteiger partial charge >= 0.3 is 0 Å². The molecule has 0 radical (unpaired) electrons. The van der Waals surface area contributed by atoms with Crippen LogP contribution in [0, 0.1) is 0 Å². The van der Waals surface area contributed by atoms with Crippen LogP contribution in [0.15, 0.2) is 18.2 Å². The van der Waals surface area contributed by atoms with Crippen molar-refractivity contribution in [1.29, 1.82) is 0 Å². The molecule has 19 heavy (non-hydrogen) atoms. The minimum absolute atomic E-state index is 0.188. The first kappa shape index (κ1) is 14.2. The molecule has 1 heterocycles. The Balaban J connectivity index is 2.31. The smallest absolute Gasteiger partial charge is 0.282 e. The minimum Gasteiger partial charge on any atom is -0.350 e. The monoisotopic (exact) mass is 299 g/mol. The number of nitrogens with one attached hydrogen (secondary N) is 2. The molecular formula is C13H15Cl2N3O. The third kappa shape index (κ3) is 3.03. The van der Waals surface area contributed by atoms with Gasteiger partial charge in [-0.3, -0.25) is 10.2 Å². The summed E-state index contributed by atoms with van der Waals surface area (Å²) < 4.78 is 0. The van der Waals surface area contributed by atoms with Crippen LogP contribution in [0.1, 0.15) is 24.3 Å².